The molecule has 0 unspecified atom stereocenters. The lowest BCUT2D eigenvalue weighted by molar-refractivity contribution is 0.580. The first kappa shape index (κ1) is 14.4. The van der Waals surface area contributed by atoms with Crippen molar-refractivity contribution in [1.82, 2.24) is 24.5 Å². The van der Waals surface area contributed by atoms with Crippen molar-refractivity contribution in [3.05, 3.63) is 29.8 Å². The predicted molar refractivity (Wildman–Crippen MR) is 73.1 cm³/mol. The summed E-state index contributed by atoms with van der Waals surface area (Å²) in [6.07, 6.45) is 4.88. The first-order chi connectivity index (χ1) is 9.42. The van der Waals surface area contributed by atoms with Gasteiger partial charge in [0.1, 0.15) is 4.90 Å². The molecule has 0 spiro atoms. The molecular formula is C11H16N6O2S. The van der Waals surface area contributed by atoms with Gasteiger partial charge in [0, 0.05) is 25.4 Å². The topological polar surface area (TPSA) is 116 Å². The molecule has 0 saturated carbocycles. The second-order valence-electron chi connectivity index (χ2n) is 4.23. The smallest absolute Gasteiger partial charge is 0.243 e. The average molecular weight is 296 g/mol. The van der Waals surface area contributed by atoms with Crippen LogP contribution in [0.3, 0.4) is 0 Å². The Bertz CT molecular complexity index is 692. The van der Waals surface area contributed by atoms with Gasteiger partial charge in [0.2, 0.25) is 16.0 Å². The van der Waals surface area contributed by atoms with Crippen LogP contribution in [0.25, 0.3) is 0 Å². The average Bonchev–Trinajstić information content (AvgIpc) is 2.77. The molecule has 2 aromatic heterocycles. The molecule has 0 radical (unpaired) electrons. The van der Waals surface area contributed by atoms with Crippen molar-refractivity contribution in [2.45, 2.75) is 24.8 Å². The summed E-state index contributed by atoms with van der Waals surface area (Å²) in [5, 5.41) is 4.25. The summed E-state index contributed by atoms with van der Waals surface area (Å²) in [5.74, 6) is 0.0319. The number of hydrogen-bond donors (Lipinski definition) is 2. The van der Waals surface area contributed by atoms with E-state index >= 15 is 0 Å². The Labute approximate surface area is 117 Å². The van der Waals surface area contributed by atoms with Crippen molar-refractivity contribution in [3.8, 4) is 0 Å². The highest BCUT2D eigenvalue weighted by atomic mass is 32.2. The van der Waals surface area contributed by atoms with E-state index in [1.165, 1.54) is 12.4 Å². The minimum atomic E-state index is -3.66. The molecule has 0 saturated heterocycles. The van der Waals surface area contributed by atoms with Crippen LogP contribution in [0, 0.1) is 0 Å². The summed E-state index contributed by atoms with van der Waals surface area (Å²) in [7, 11) is -1.86. The third-order valence-electron chi connectivity index (χ3n) is 2.74. The van der Waals surface area contributed by atoms with E-state index in [2.05, 4.69) is 19.8 Å². The van der Waals surface area contributed by atoms with Gasteiger partial charge in [-0.3, -0.25) is 4.68 Å². The number of hydrogen-bond acceptors (Lipinski definition) is 6. The lowest BCUT2D eigenvalue weighted by Crippen LogP contribution is -2.24. The van der Waals surface area contributed by atoms with E-state index in [1.54, 1.807) is 17.9 Å². The first-order valence-corrected chi connectivity index (χ1v) is 7.49. The van der Waals surface area contributed by atoms with Crippen molar-refractivity contribution in [1.29, 1.82) is 0 Å². The molecular weight excluding hydrogens is 280 g/mol. The van der Waals surface area contributed by atoms with Gasteiger partial charge in [0.25, 0.3) is 0 Å². The maximum atomic E-state index is 12.1. The summed E-state index contributed by atoms with van der Waals surface area (Å²) < 4.78 is 28.3. The standard InChI is InChI=1S/C11H16N6O2S/c1-3-10-8(7-17(2)16-10)4-15-20(18,19)9-5-13-11(12)14-6-9/h5-7,15H,3-4H2,1-2H3,(H2,12,13,14). The van der Waals surface area contributed by atoms with Gasteiger partial charge in [-0.25, -0.2) is 23.1 Å². The van der Waals surface area contributed by atoms with Gasteiger partial charge in [-0.1, -0.05) is 6.92 Å². The van der Waals surface area contributed by atoms with Crippen LogP contribution >= 0.6 is 0 Å². The molecule has 0 aromatic carbocycles. The van der Waals surface area contributed by atoms with Crippen LogP contribution in [0.15, 0.2) is 23.5 Å². The van der Waals surface area contributed by atoms with E-state index < -0.39 is 10.0 Å². The largest absolute Gasteiger partial charge is 0.368 e. The van der Waals surface area contributed by atoms with Crippen LogP contribution in [0.5, 0.6) is 0 Å². The molecule has 3 N–H and O–H groups in total. The second-order valence-corrected chi connectivity index (χ2v) is 6.00. The molecule has 0 fully saturated rings. The molecule has 0 amide bonds. The number of aryl methyl sites for hydroxylation is 2. The molecule has 9 heteroatoms. The highest BCUT2D eigenvalue weighted by Crippen LogP contribution is 2.10. The maximum Gasteiger partial charge on any atom is 0.243 e. The van der Waals surface area contributed by atoms with Gasteiger partial charge in [-0.05, 0) is 6.42 Å². The summed E-state index contributed by atoms with van der Waals surface area (Å²) in [6.45, 7) is 2.14. The molecule has 2 aromatic rings. The van der Waals surface area contributed by atoms with E-state index in [1.807, 2.05) is 6.92 Å². The van der Waals surface area contributed by atoms with Gasteiger partial charge in [0.05, 0.1) is 18.1 Å². The van der Waals surface area contributed by atoms with Crippen LogP contribution in [0.1, 0.15) is 18.2 Å². The Morgan fingerprint density at radius 2 is 2.00 bits per heavy atom. The zero-order chi connectivity index (χ0) is 14.8. The fourth-order valence-corrected chi connectivity index (χ4v) is 2.65. The lowest BCUT2D eigenvalue weighted by atomic mass is 10.2. The molecule has 2 rings (SSSR count). The van der Waals surface area contributed by atoms with Crippen molar-refractivity contribution in [2.24, 2.45) is 7.05 Å². The van der Waals surface area contributed by atoms with Crippen molar-refractivity contribution >= 4 is 16.0 Å². The number of nitrogens with two attached hydrogens (primary N) is 1. The van der Waals surface area contributed by atoms with Crippen molar-refractivity contribution < 1.29 is 8.42 Å². The number of nitrogens with zero attached hydrogens (tertiary/aromatic N) is 4. The summed E-state index contributed by atoms with van der Waals surface area (Å²) >= 11 is 0. The highest BCUT2D eigenvalue weighted by Gasteiger charge is 2.16. The van der Waals surface area contributed by atoms with E-state index in [0.717, 1.165) is 17.7 Å². The lowest BCUT2D eigenvalue weighted by Gasteiger charge is -2.05. The van der Waals surface area contributed by atoms with Gasteiger partial charge in [-0.15, -0.1) is 0 Å². The van der Waals surface area contributed by atoms with Crippen LogP contribution < -0.4 is 10.5 Å². The van der Waals surface area contributed by atoms with Gasteiger partial charge >= 0.3 is 0 Å². The highest BCUT2D eigenvalue weighted by molar-refractivity contribution is 7.89. The predicted octanol–water partition coefficient (Wildman–Crippen LogP) is -0.167. The first-order valence-electron chi connectivity index (χ1n) is 6.01. The Morgan fingerprint density at radius 1 is 1.35 bits per heavy atom. The molecule has 0 aliphatic heterocycles. The number of anilines is 1. The van der Waals surface area contributed by atoms with Gasteiger partial charge in [0.15, 0.2) is 0 Å². The Morgan fingerprint density at radius 3 is 2.60 bits per heavy atom. The quantitative estimate of drug-likeness (QED) is 0.791. The molecule has 108 valence electrons. The van der Waals surface area contributed by atoms with Crippen LogP contribution in [0.4, 0.5) is 5.95 Å². The van der Waals surface area contributed by atoms with E-state index in [4.69, 9.17) is 5.73 Å². The van der Waals surface area contributed by atoms with Crippen molar-refractivity contribution in [2.75, 3.05) is 5.73 Å². The zero-order valence-corrected chi connectivity index (χ0v) is 12.1. The molecule has 20 heavy (non-hydrogen) atoms. The third-order valence-corrected chi connectivity index (χ3v) is 4.09. The third kappa shape index (κ3) is 3.11. The summed E-state index contributed by atoms with van der Waals surface area (Å²) in [6, 6.07) is 0. The van der Waals surface area contributed by atoms with Crippen LogP contribution in [0.2, 0.25) is 0 Å². The minimum absolute atomic E-state index is 0.0198. The van der Waals surface area contributed by atoms with E-state index in [0.29, 0.717) is 0 Å². The Hall–Kier alpha value is -2.00. The Balaban J connectivity index is 2.15. The van der Waals surface area contributed by atoms with E-state index in [-0.39, 0.29) is 17.4 Å². The van der Waals surface area contributed by atoms with Crippen molar-refractivity contribution in [3.63, 3.8) is 0 Å². The Kier molecular flexibility index (Phi) is 4.00. The van der Waals surface area contributed by atoms with E-state index in [9.17, 15) is 8.42 Å². The van der Waals surface area contributed by atoms with Crippen LogP contribution in [-0.2, 0) is 30.0 Å². The summed E-state index contributed by atoms with van der Waals surface area (Å²) in [5.41, 5.74) is 7.03. The number of aromatic nitrogens is 4. The molecule has 0 atom stereocenters. The number of rotatable bonds is 5. The number of nitrogen functional groups attached to an aromatic ring is 1. The molecule has 2 heterocycles. The zero-order valence-electron chi connectivity index (χ0n) is 11.2. The fraction of sp³-hybridized carbons (Fsp3) is 0.364. The minimum Gasteiger partial charge on any atom is -0.368 e. The fourth-order valence-electron chi connectivity index (χ4n) is 1.75. The maximum absolute atomic E-state index is 12.1. The molecule has 0 bridgehead atoms. The molecule has 0 aliphatic rings. The SMILES string of the molecule is CCc1nn(C)cc1CNS(=O)(=O)c1cnc(N)nc1. The number of sulfonamides is 1. The van der Waals surface area contributed by atoms with Gasteiger partial charge in [-0.2, -0.15) is 5.10 Å². The number of nitrogens with one attached hydrogen (secondary N) is 1. The monoisotopic (exact) mass is 296 g/mol. The second kappa shape index (κ2) is 5.55. The molecule has 0 aliphatic carbocycles. The van der Waals surface area contributed by atoms with Gasteiger partial charge < -0.3 is 5.73 Å². The normalized spacial score (nSPS) is 11.7. The summed E-state index contributed by atoms with van der Waals surface area (Å²) in [4.78, 5) is 7.32. The van der Waals surface area contributed by atoms with Crippen LogP contribution in [-0.4, -0.2) is 28.2 Å². The molecule has 8 nitrogen and oxygen atoms in total.